The Balaban J connectivity index is 1.77. The maximum atomic E-state index is 14.8. The van der Waals surface area contributed by atoms with Crippen molar-refractivity contribution in [2.45, 2.75) is 6.42 Å². The van der Waals surface area contributed by atoms with Gasteiger partial charge in [-0.05, 0) is 36.4 Å². The molecular formula is C23H18FN5O. The number of hydrogen-bond acceptors (Lipinski definition) is 4. The van der Waals surface area contributed by atoms with Gasteiger partial charge in [0.25, 0.3) is 0 Å². The molecule has 4 rings (SSSR count). The third-order valence-electron chi connectivity index (χ3n) is 4.48. The highest BCUT2D eigenvalue weighted by Crippen LogP contribution is 2.18. The number of nitrogens with zero attached hydrogens (tertiary/aromatic N) is 4. The molecule has 148 valence electrons. The van der Waals surface area contributed by atoms with Gasteiger partial charge in [0.05, 0.1) is 11.4 Å². The average molecular weight is 399 g/mol. The molecule has 7 heteroatoms. The summed E-state index contributed by atoms with van der Waals surface area (Å²) in [6.45, 7) is 0. The van der Waals surface area contributed by atoms with Gasteiger partial charge in [-0.15, -0.1) is 0 Å². The summed E-state index contributed by atoms with van der Waals surface area (Å²) in [5.41, 5.74) is 1.62. The van der Waals surface area contributed by atoms with Gasteiger partial charge in [0.15, 0.2) is 11.5 Å². The van der Waals surface area contributed by atoms with Gasteiger partial charge >= 0.3 is 0 Å². The Labute approximate surface area is 172 Å². The number of rotatable bonds is 6. The number of aliphatic imine (C=N–C) groups is 1. The lowest BCUT2D eigenvalue weighted by Crippen LogP contribution is -2.22. The van der Waals surface area contributed by atoms with Crippen molar-refractivity contribution in [1.82, 2.24) is 14.3 Å². The fourth-order valence-corrected chi connectivity index (χ4v) is 3.04. The van der Waals surface area contributed by atoms with Crippen LogP contribution in [0.5, 0.6) is 0 Å². The Kier molecular flexibility index (Phi) is 5.43. The SMILES string of the molecule is N=CCC(=Nc1ccccc1)c1nn(-c2ccc(-n3cccc3)cc2F)ccc1=O. The summed E-state index contributed by atoms with van der Waals surface area (Å²) in [5, 5.41) is 11.8. The van der Waals surface area contributed by atoms with E-state index in [0.717, 1.165) is 6.21 Å². The molecule has 2 aromatic heterocycles. The summed E-state index contributed by atoms with van der Waals surface area (Å²) in [6.07, 6.45) is 6.37. The molecule has 0 aliphatic rings. The molecule has 4 aromatic rings. The third-order valence-corrected chi connectivity index (χ3v) is 4.48. The van der Waals surface area contributed by atoms with Crippen LogP contribution in [0.3, 0.4) is 0 Å². The Morgan fingerprint density at radius 2 is 1.80 bits per heavy atom. The lowest BCUT2D eigenvalue weighted by molar-refractivity contribution is 0.607. The molecule has 0 spiro atoms. The minimum atomic E-state index is -0.475. The van der Waals surface area contributed by atoms with Crippen molar-refractivity contribution in [2.75, 3.05) is 0 Å². The second-order valence-electron chi connectivity index (χ2n) is 6.50. The van der Waals surface area contributed by atoms with Gasteiger partial charge in [-0.2, -0.15) is 5.10 Å². The quantitative estimate of drug-likeness (QED) is 0.490. The van der Waals surface area contributed by atoms with E-state index < -0.39 is 5.82 Å². The van der Waals surface area contributed by atoms with E-state index in [1.807, 2.05) is 42.7 Å². The summed E-state index contributed by atoms with van der Waals surface area (Å²) in [7, 11) is 0. The van der Waals surface area contributed by atoms with E-state index in [1.165, 1.54) is 23.0 Å². The zero-order valence-corrected chi connectivity index (χ0v) is 15.9. The van der Waals surface area contributed by atoms with Crippen LogP contribution in [0.4, 0.5) is 10.1 Å². The summed E-state index contributed by atoms with van der Waals surface area (Å²) in [6, 6.07) is 19.0. The molecule has 0 unspecified atom stereocenters. The monoisotopic (exact) mass is 399 g/mol. The second-order valence-corrected chi connectivity index (χ2v) is 6.50. The highest BCUT2D eigenvalue weighted by atomic mass is 19.1. The molecule has 0 atom stereocenters. The molecule has 0 radical (unpaired) electrons. The first kappa shape index (κ1) is 19.2. The summed E-state index contributed by atoms with van der Waals surface area (Å²) >= 11 is 0. The molecule has 0 bridgehead atoms. The van der Waals surface area contributed by atoms with E-state index in [-0.39, 0.29) is 23.2 Å². The first-order valence-corrected chi connectivity index (χ1v) is 9.31. The Morgan fingerprint density at radius 3 is 2.50 bits per heavy atom. The zero-order chi connectivity index (χ0) is 20.9. The molecule has 30 heavy (non-hydrogen) atoms. The van der Waals surface area contributed by atoms with Crippen molar-refractivity contribution < 1.29 is 4.39 Å². The maximum Gasteiger partial charge on any atom is 0.209 e. The van der Waals surface area contributed by atoms with Crippen molar-refractivity contribution >= 4 is 17.6 Å². The largest absolute Gasteiger partial charge is 0.324 e. The summed E-state index contributed by atoms with van der Waals surface area (Å²) in [4.78, 5) is 17.0. The van der Waals surface area contributed by atoms with Gasteiger partial charge in [-0.3, -0.25) is 9.79 Å². The van der Waals surface area contributed by atoms with E-state index in [4.69, 9.17) is 5.41 Å². The fraction of sp³-hybridized carbons (Fsp3) is 0.0435. The first-order chi connectivity index (χ1) is 14.7. The van der Waals surface area contributed by atoms with Gasteiger partial charge in [0.1, 0.15) is 5.69 Å². The number of aromatic nitrogens is 3. The lowest BCUT2D eigenvalue weighted by atomic mass is 10.2. The Hall–Kier alpha value is -4.13. The van der Waals surface area contributed by atoms with E-state index in [2.05, 4.69) is 10.1 Å². The highest BCUT2D eigenvalue weighted by Gasteiger charge is 2.13. The van der Waals surface area contributed by atoms with Gasteiger partial charge in [-0.25, -0.2) is 9.07 Å². The standard InChI is InChI=1S/C23H18FN5O/c24-19-16-18(28-13-4-5-14-28)8-9-21(19)29-15-11-22(30)23(27-29)20(10-12-25)26-17-6-2-1-3-7-17/h1-9,11-16,25H,10H2. The molecule has 2 aromatic carbocycles. The number of hydrogen-bond donors (Lipinski definition) is 1. The van der Waals surface area contributed by atoms with Crippen LogP contribution in [-0.4, -0.2) is 26.3 Å². The zero-order valence-electron chi connectivity index (χ0n) is 15.9. The van der Waals surface area contributed by atoms with Crippen LogP contribution < -0.4 is 5.43 Å². The molecule has 0 saturated heterocycles. The predicted octanol–water partition coefficient (Wildman–Crippen LogP) is 4.32. The Morgan fingerprint density at radius 1 is 1.03 bits per heavy atom. The number of halogens is 1. The van der Waals surface area contributed by atoms with Crippen molar-refractivity contribution in [1.29, 1.82) is 5.41 Å². The molecule has 0 fully saturated rings. The van der Waals surface area contributed by atoms with Crippen LogP contribution in [0.1, 0.15) is 12.1 Å². The molecular weight excluding hydrogens is 381 g/mol. The molecule has 6 nitrogen and oxygen atoms in total. The number of nitrogens with one attached hydrogen (secondary N) is 1. The van der Waals surface area contributed by atoms with Crippen LogP contribution >= 0.6 is 0 Å². The van der Waals surface area contributed by atoms with Gasteiger partial charge in [-0.1, -0.05) is 18.2 Å². The smallest absolute Gasteiger partial charge is 0.209 e. The van der Waals surface area contributed by atoms with Crippen LogP contribution in [0.25, 0.3) is 11.4 Å². The third kappa shape index (κ3) is 4.00. The van der Waals surface area contributed by atoms with E-state index in [1.54, 1.807) is 28.8 Å². The van der Waals surface area contributed by atoms with Gasteiger partial charge in [0.2, 0.25) is 5.43 Å². The minimum Gasteiger partial charge on any atom is -0.324 e. The minimum absolute atomic E-state index is 0.0822. The maximum absolute atomic E-state index is 14.8. The number of para-hydroxylation sites is 1. The molecule has 0 amide bonds. The van der Waals surface area contributed by atoms with Crippen molar-refractivity contribution in [3.05, 3.63) is 107 Å². The second kappa shape index (κ2) is 8.48. The van der Waals surface area contributed by atoms with E-state index >= 15 is 0 Å². The average Bonchev–Trinajstić information content (AvgIpc) is 3.30. The highest BCUT2D eigenvalue weighted by molar-refractivity contribution is 6.06. The van der Waals surface area contributed by atoms with Crippen LogP contribution in [-0.2, 0) is 0 Å². The van der Waals surface area contributed by atoms with Crippen molar-refractivity contribution in [2.24, 2.45) is 4.99 Å². The van der Waals surface area contributed by atoms with Crippen LogP contribution in [0.2, 0.25) is 0 Å². The van der Waals surface area contributed by atoms with Crippen LogP contribution in [0, 0.1) is 11.2 Å². The normalized spacial score (nSPS) is 11.4. The number of benzene rings is 2. The van der Waals surface area contributed by atoms with Crippen molar-refractivity contribution in [3.63, 3.8) is 0 Å². The summed E-state index contributed by atoms with van der Waals surface area (Å²) in [5.74, 6) is -0.475. The van der Waals surface area contributed by atoms with E-state index in [9.17, 15) is 9.18 Å². The summed E-state index contributed by atoms with van der Waals surface area (Å²) < 4.78 is 18.0. The molecule has 0 aliphatic carbocycles. The predicted molar refractivity (Wildman–Crippen MR) is 115 cm³/mol. The molecule has 2 heterocycles. The Bertz CT molecular complexity index is 1260. The van der Waals surface area contributed by atoms with Crippen LogP contribution in [0.15, 0.2) is 95.1 Å². The molecule has 0 saturated carbocycles. The lowest BCUT2D eigenvalue weighted by Gasteiger charge is -2.11. The first-order valence-electron chi connectivity index (χ1n) is 9.31. The topological polar surface area (TPSA) is 76.0 Å². The van der Waals surface area contributed by atoms with E-state index in [0.29, 0.717) is 17.1 Å². The fourth-order valence-electron chi connectivity index (χ4n) is 3.04. The van der Waals surface area contributed by atoms with Crippen molar-refractivity contribution in [3.8, 4) is 11.4 Å². The molecule has 0 aliphatic heterocycles. The van der Waals surface area contributed by atoms with Gasteiger partial charge < -0.3 is 9.98 Å². The molecule has 1 N–H and O–H groups in total. The van der Waals surface area contributed by atoms with Gasteiger partial charge in [0, 0.05) is 49.0 Å².